The first-order chi connectivity index (χ1) is 15.6. The molecular weight excluding hydrogens is 424 g/mol. The number of ether oxygens (including phenoxy) is 1. The first-order valence-electron chi connectivity index (χ1n) is 13.7. The van der Waals surface area contributed by atoms with Gasteiger partial charge in [-0.1, -0.05) is 46.8 Å². The van der Waals surface area contributed by atoms with Crippen molar-refractivity contribution in [3.8, 4) is 0 Å². The maximum absolute atomic E-state index is 13.4. The van der Waals surface area contributed by atoms with Crippen molar-refractivity contribution in [2.75, 3.05) is 0 Å². The Bertz CT molecular complexity index is 1040. The summed E-state index contributed by atoms with van der Waals surface area (Å²) in [7, 11) is 0. The highest BCUT2D eigenvalue weighted by Gasteiger charge is 2.73. The van der Waals surface area contributed by atoms with E-state index in [2.05, 4.69) is 46.8 Å². The summed E-state index contributed by atoms with van der Waals surface area (Å²) in [6.07, 6.45) is 11.9. The van der Waals surface area contributed by atoms with Gasteiger partial charge in [-0.3, -0.25) is 4.79 Å². The molecule has 1 spiro atoms. The molecule has 9 atom stereocenters. The van der Waals surface area contributed by atoms with Crippen LogP contribution in [0, 0.1) is 38.9 Å². The molecule has 34 heavy (non-hydrogen) atoms. The molecule has 2 bridgehead atoms. The van der Waals surface area contributed by atoms with Crippen LogP contribution in [0.3, 0.4) is 0 Å². The number of fused-ring (bicyclic) bond motifs is 7. The van der Waals surface area contributed by atoms with Crippen LogP contribution in [0.1, 0.15) is 99.8 Å². The van der Waals surface area contributed by atoms with Gasteiger partial charge in [-0.2, -0.15) is 0 Å². The van der Waals surface area contributed by atoms with Crippen LogP contribution in [-0.2, 0) is 9.53 Å². The molecule has 2 saturated heterocycles. The van der Waals surface area contributed by atoms with Crippen molar-refractivity contribution < 1.29 is 19.7 Å². The van der Waals surface area contributed by atoms with E-state index in [1.165, 1.54) is 5.57 Å². The number of aliphatic hydroxyl groups excluding tert-OH is 1. The molecule has 188 valence electrons. The zero-order valence-electron chi connectivity index (χ0n) is 22.3. The summed E-state index contributed by atoms with van der Waals surface area (Å²) in [6, 6.07) is 0. The topological polar surface area (TPSA) is 66.8 Å². The van der Waals surface area contributed by atoms with Crippen LogP contribution >= 0.6 is 0 Å². The van der Waals surface area contributed by atoms with Crippen LogP contribution in [0.4, 0.5) is 0 Å². The Morgan fingerprint density at radius 3 is 2.26 bits per heavy atom. The average Bonchev–Trinajstić information content (AvgIpc) is 2.74. The monoisotopic (exact) mass is 468 g/mol. The predicted octanol–water partition coefficient (Wildman–Crippen LogP) is 5.72. The first-order valence-corrected chi connectivity index (χ1v) is 13.7. The molecule has 5 aliphatic carbocycles. The fraction of sp³-hybridized carbons (Fsp3) is 0.833. The second-order valence-corrected chi connectivity index (χ2v) is 14.6. The molecule has 0 amide bonds. The summed E-state index contributed by atoms with van der Waals surface area (Å²) in [5.74, 6) is 0.792. The van der Waals surface area contributed by atoms with Crippen molar-refractivity contribution in [2.45, 2.75) is 117 Å². The highest BCUT2D eigenvalue weighted by Crippen LogP contribution is 2.75. The zero-order chi connectivity index (χ0) is 24.7. The van der Waals surface area contributed by atoms with Gasteiger partial charge in [0.2, 0.25) is 0 Å². The smallest absolute Gasteiger partial charge is 0.317 e. The molecule has 5 fully saturated rings. The predicted molar refractivity (Wildman–Crippen MR) is 132 cm³/mol. The number of aliphatic hydroxyl groups is 2. The third kappa shape index (κ3) is 2.24. The SMILES string of the molecule is CC1(C)C2CC[C@]3(C)C(C=CC4=C5[C@]6(CC[C@](C)(OC6=O)[C@@]5(C)O)CC[C@]43C)[C@@]2(C)CC[C@@H]1O. The van der Waals surface area contributed by atoms with Crippen molar-refractivity contribution in [1.82, 2.24) is 0 Å². The van der Waals surface area contributed by atoms with E-state index in [9.17, 15) is 15.0 Å². The van der Waals surface area contributed by atoms with Gasteiger partial charge in [0.1, 0.15) is 11.2 Å². The third-order valence-electron chi connectivity index (χ3n) is 13.2. The minimum Gasteiger partial charge on any atom is -0.455 e. The summed E-state index contributed by atoms with van der Waals surface area (Å²) < 4.78 is 5.94. The number of hydrogen-bond acceptors (Lipinski definition) is 4. The normalized spacial score (nSPS) is 57.3. The van der Waals surface area contributed by atoms with Crippen LogP contribution < -0.4 is 0 Å². The van der Waals surface area contributed by atoms with Gasteiger partial charge in [0.25, 0.3) is 0 Å². The van der Waals surface area contributed by atoms with Crippen molar-refractivity contribution in [3.05, 3.63) is 23.3 Å². The van der Waals surface area contributed by atoms with Crippen LogP contribution in [0.2, 0.25) is 0 Å². The van der Waals surface area contributed by atoms with Gasteiger partial charge < -0.3 is 14.9 Å². The Balaban J connectivity index is 1.56. The Labute approximate surface area is 205 Å². The zero-order valence-corrected chi connectivity index (χ0v) is 22.3. The summed E-state index contributed by atoms with van der Waals surface area (Å²) in [4.78, 5) is 13.4. The second kappa shape index (κ2) is 6.22. The molecule has 0 radical (unpaired) electrons. The fourth-order valence-electron chi connectivity index (χ4n) is 10.5. The number of rotatable bonds is 0. The number of esters is 1. The van der Waals surface area contributed by atoms with Crippen LogP contribution in [0.15, 0.2) is 23.3 Å². The van der Waals surface area contributed by atoms with Gasteiger partial charge >= 0.3 is 5.97 Å². The van der Waals surface area contributed by atoms with E-state index in [0.29, 0.717) is 11.8 Å². The van der Waals surface area contributed by atoms with Crippen LogP contribution in [-0.4, -0.2) is 33.5 Å². The number of allylic oxidation sites excluding steroid dienone is 3. The molecule has 2 heterocycles. The molecule has 0 aromatic carbocycles. The standard InChI is InChI=1S/C30H44O4/c1-24(2)19-10-13-27(5)20(25(19,3)12-11-21(24)31)9-8-18-22-29(7,33)28(6)15-17-30(22,23(32)34-28)16-14-26(18,27)4/h8-9,19-21,31,33H,10-17H2,1-7H3/t19?,20?,21-,25-,26+,27+,28-,29-,30+/m0/s1. The number of carbonyl (C=O) groups excluding carboxylic acids is 1. The quantitative estimate of drug-likeness (QED) is 0.446. The number of carbonyl (C=O) groups is 1. The molecule has 7 aliphatic rings. The molecule has 2 unspecified atom stereocenters. The lowest BCUT2D eigenvalue weighted by Crippen LogP contribution is -2.71. The van der Waals surface area contributed by atoms with Gasteiger partial charge in [0, 0.05) is 0 Å². The lowest BCUT2D eigenvalue weighted by Gasteiger charge is -2.70. The molecule has 2 N–H and O–H groups in total. The van der Waals surface area contributed by atoms with E-state index >= 15 is 0 Å². The highest BCUT2D eigenvalue weighted by molar-refractivity contribution is 5.86. The summed E-state index contributed by atoms with van der Waals surface area (Å²) in [6.45, 7) is 15.8. The summed E-state index contributed by atoms with van der Waals surface area (Å²) >= 11 is 0. The van der Waals surface area contributed by atoms with E-state index in [0.717, 1.165) is 56.9 Å². The average molecular weight is 469 g/mol. The first kappa shape index (κ1) is 23.3. The van der Waals surface area contributed by atoms with E-state index in [1.807, 2.05) is 13.8 Å². The van der Waals surface area contributed by atoms with Crippen LogP contribution in [0.5, 0.6) is 0 Å². The minimum absolute atomic E-state index is 0.0485. The Morgan fingerprint density at radius 2 is 1.59 bits per heavy atom. The summed E-state index contributed by atoms with van der Waals surface area (Å²) in [5.41, 5.74) is -0.466. The molecule has 7 rings (SSSR count). The molecule has 4 nitrogen and oxygen atoms in total. The molecule has 2 aliphatic heterocycles. The van der Waals surface area contributed by atoms with Crippen LogP contribution in [0.25, 0.3) is 0 Å². The molecule has 0 aromatic heterocycles. The number of hydrogen-bond donors (Lipinski definition) is 2. The lowest BCUT2D eigenvalue weighted by molar-refractivity contribution is -0.238. The van der Waals surface area contributed by atoms with E-state index in [4.69, 9.17) is 4.74 Å². The van der Waals surface area contributed by atoms with Crippen molar-refractivity contribution >= 4 is 5.97 Å². The largest absolute Gasteiger partial charge is 0.455 e. The Morgan fingerprint density at radius 1 is 0.912 bits per heavy atom. The van der Waals surface area contributed by atoms with Gasteiger partial charge in [-0.15, -0.1) is 0 Å². The van der Waals surface area contributed by atoms with Crippen molar-refractivity contribution in [1.29, 1.82) is 0 Å². The molecular formula is C30H44O4. The van der Waals surface area contributed by atoms with E-state index in [1.54, 1.807) is 0 Å². The van der Waals surface area contributed by atoms with E-state index in [-0.39, 0.29) is 33.7 Å². The van der Waals surface area contributed by atoms with Gasteiger partial charge in [0.15, 0.2) is 0 Å². The van der Waals surface area contributed by atoms with Crippen molar-refractivity contribution in [3.63, 3.8) is 0 Å². The van der Waals surface area contributed by atoms with Gasteiger partial charge in [-0.25, -0.2) is 0 Å². The molecule has 0 aromatic rings. The van der Waals surface area contributed by atoms with Gasteiger partial charge in [0.05, 0.1) is 11.5 Å². The maximum atomic E-state index is 13.4. The lowest BCUT2D eigenvalue weighted by atomic mass is 9.35. The summed E-state index contributed by atoms with van der Waals surface area (Å²) in [5, 5.41) is 22.9. The van der Waals surface area contributed by atoms with Crippen molar-refractivity contribution in [2.24, 2.45) is 38.9 Å². The molecule has 3 saturated carbocycles. The maximum Gasteiger partial charge on any atom is 0.317 e. The van der Waals surface area contributed by atoms with E-state index < -0.39 is 16.6 Å². The Hall–Kier alpha value is -1.13. The Kier molecular flexibility index (Phi) is 4.26. The third-order valence-corrected chi connectivity index (χ3v) is 13.2. The minimum atomic E-state index is -1.15. The van der Waals surface area contributed by atoms with Gasteiger partial charge in [-0.05, 0) is 110 Å². The molecule has 4 heteroatoms. The highest BCUT2D eigenvalue weighted by atomic mass is 16.6. The fourth-order valence-corrected chi connectivity index (χ4v) is 10.5. The second-order valence-electron chi connectivity index (χ2n) is 14.6.